The first-order chi connectivity index (χ1) is 12.7. The molecule has 1 atom stereocenters. The van der Waals surface area contributed by atoms with Gasteiger partial charge < -0.3 is 14.6 Å². The van der Waals surface area contributed by atoms with Gasteiger partial charge in [-0.1, -0.05) is 39.0 Å². The van der Waals surface area contributed by atoms with Gasteiger partial charge in [0.2, 0.25) is 5.91 Å². The number of ether oxygens (including phenoxy) is 1. The molecule has 1 aromatic heterocycles. The molecule has 0 spiro atoms. The summed E-state index contributed by atoms with van der Waals surface area (Å²) >= 11 is 0. The molecule has 1 aromatic carbocycles. The zero-order chi connectivity index (χ0) is 18.6. The molecular formula is C21H31N3O2. The van der Waals surface area contributed by atoms with E-state index >= 15 is 0 Å². The standard InChI is InChI=1S/C21H31N3O2/c1-3-4-5-6-7-8-9-21(16-24-15-14-22-17-24)26-20-12-10-19(11-13-20)23-18(2)25/h10-15,17,21H,3-9,16H2,1-2H3,(H,23,25). The van der Waals surface area contributed by atoms with E-state index in [0.29, 0.717) is 0 Å². The van der Waals surface area contributed by atoms with Crippen LogP contribution in [0.5, 0.6) is 5.75 Å². The highest BCUT2D eigenvalue weighted by Crippen LogP contribution is 2.20. The first-order valence-corrected chi connectivity index (χ1v) is 9.67. The first-order valence-electron chi connectivity index (χ1n) is 9.67. The molecular weight excluding hydrogens is 326 g/mol. The smallest absolute Gasteiger partial charge is 0.221 e. The zero-order valence-electron chi connectivity index (χ0n) is 16.0. The summed E-state index contributed by atoms with van der Waals surface area (Å²) < 4.78 is 8.28. The number of nitrogens with one attached hydrogen (secondary N) is 1. The van der Waals surface area contributed by atoms with Gasteiger partial charge in [0, 0.05) is 25.0 Å². The van der Waals surface area contributed by atoms with Crippen molar-refractivity contribution in [3.63, 3.8) is 0 Å². The van der Waals surface area contributed by atoms with Crippen molar-refractivity contribution in [2.75, 3.05) is 5.32 Å². The minimum absolute atomic E-state index is 0.0697. The van der Waals surface area contributed by atoms with Gasteiger partial charge in [-0.2, -0.15) is 0 Å². The maximum atomic E-state index is 11.1. The second kappa shape index (κ2) is 11.3. The fourth-order valence-corrected chi connectivity index (χ4v) is 2.98. The van der Waals surface area contributed by atoms with E-state index in [1.54, 1.807) is 6.20 Å². The molecule has 0 saturated carbocycles. The summed E-state index contributed by atoms with van der Waals surface area (Å²) in [6.07, 6.45) is 14.4. The van der Waals surface area contributed by atoms with Crippen LogP contribution in [0.1, 0.15) is 58.8 Å². The van der Waals surface area contributed by atoms with Crippen molar-refractivity contribution in [1.82, 2.24) is 9.55 Å². The van der Waals surface area contributed by atoms with Crippen molar-refractivity contribution in [3.05, 3.63) is 43.0 Å². The number of carbonyl (C=O) groups excluding carboxylic acids is 1. The fraction of sp³-hybridized carbons (Fsp3) is 0.524. The Morgan fingerprint density at radius 1 is 1.15 bits per heavy atom. The average Bonchev–Trinajstić information content (AvgIpc) is 3.12. The maximum Gasteiger partial charge on any atom is 0.221 e. The number of hydrogen-bond acceptors (Lipinski definition) is 3. The van der Waals surface area contributed by atoms with Gasteiger partial charge in [-0.3, -0.25) is 4.79 Å². The van der Waals surface area contributed by atoms with E-state index in [-0.39, 0.29) is 12.0 Å². The van der Waals surface area contributed by atoms with Crippen molar-refractivity contribution in [2.24, 2.45) is 0 Å². The minimum Gasteiger partial charge on any atom is -0.489 e. The molecule has 1 heterocycles. The van der Waals surface area contributed by atoms with Crippen molar-refractivity contribution in [1.29, 1.82) is 0 Å². The van der Waals surface area contributed by atoms with E-state index < -0.39 is 0 Å². The SMILES string of the molecule is CCCCCCCCC(Cn1ccnc1)Oc1ccc(NC(C)=O)cc1. The van der Waals surface area contributed by atoms with E-state index in [1.165, 1.54) is 45.4 Å². The van der Waals surface area contributed by atoms with Crippen LogP contribution in [0, 0.1) is 0 Å². The Labute approximate surface area is 156 Å². The van der Waals surface area contributed by atoms with Crippen molar-refractivity contribution in [3.8, 4) is 5.75 Å². The van der Waals surface area contributed by atoms with Gasteiger partial charge in [0.25, 0.3) is 0 Å². The lowest BCUT2D eigenvalue weighted by atomic mass is 10.1. The van der Waals surface area contributed by atoms with Crippen molar-refractivity contribution in [2.45, 2.75) is 71.4 Å². The summed E-state index contributed by atoms with van der Waals surface area (Å²) in [7, 11) is 0. The summed E-state index contributed by atoms with van der Waals surface area (Å²) in [6.45, 7) is 4.54. The van der Waals surface area contributed by atoms with Crippen LogP contribution in [0.15, 0.2) is 43.0 Å². The number of aromatic nitrogens is 2. The van der Waals surface area contributed by atoms with Crippen LogP contribution >= 0.6 is 0 Å². The van der Waals surface area contributed by atoms with Gasteiger partial charge in [0.15, 0.2) is 0 Å². The molecule has 1 amide bonds. The van der Waals surface area contributed by atoms with Crippen LogP contribution in [0.25, 0.3) is 0 Å². The normalized spacial score (nSPS) is 11.9. The molecule has 2 rings (SSSR count). The average molecular weight is 357 g/mol. The molecule has 142 valence electrons. The second-order valence-electron chi connectivity index (χ2n) is 6.76. The predicted octanol–water partition coefficient (Wildman–Crippen LogP) is 5.04. The molecule has 2 aromatic rings. The lowest BCUT2D eigenvalue weighted by molar-refractivity contribution is -0.114. The second-order valence-corrected chi connectivity index (χ2v) is 6.76. The van der Waals surface area contributed by atoms with Crippen molar-refractivity contribution < 1.29 is 9.53 Å². The Morgan fingerprint density at radius 2 is 1.88 bits per heavy atom. The molecule has 1 N–H and O–H groups in total. The molecule has 1 unspecified atom stereocenters. The lowest BCUT2D eigenvalue weighted by Crippen LogP contribution is -2.22. The third-order valence-corrected chi connectivity index (χ3v) is 4.33. The molecule has 0 aliphatic heterocycles. The minimum atomic E-state index is -0.0697. The van der Waals surface area contributed by atoms with Crippen LogP contribution in [0.4, 0.5) is 5.69 Å². The topological polar surface area (TPSA) is 56.1 Å². The molecule has 0 aliphatic carbocycles. The molecule has 5 heteroatoms. The van der Waals surface area contributed by atoms with Gasteiger partial charge in [-0.15, -0.1) is 0 Å². The number of imidazole rings is 1. The number of anilines is 1. The lowest BCUT2D eigenvalue weighted by Gasteiger charge is -2.20. The number of benzene rings is 1. The van der Waals surface area contributed by atoms with Crippen molar-refractivity contribution >= 4 is 11.6 Å². The largest absolute Gasteiger partial charge is 0.489 e. The molecule has 0 aliphatic rings. The quantitative estimate of drug-likeness (QED) is 0.541. The van der Waals surface area contributed by atoms with Gasteiger partial charge in [0.05, 0.1) is 12.9 Å². The van der Waals surface area contributed by atoms with Crippen LogP contribution in [0.3, 0.4) is 0 Å². The van der Waals surface area contributed by atoms with Gasteiger partial charge in [-0.25, -0.2) is 4.98 Å². The highest BCUT2D eigenvalue weighted by Gasteiger charge is 2.12. The zero-order valence-corrected chi connectivity index (χ0v) is 16.0. The van der Waals surface area contributed by atoms with E-state index in [0.717, 1.165) is 24.4 Å². The molecule has 5 nitrogen and oxygen atoms in total. The van der Waals surface area contributed by atoms with Gasteiger partial charge in [0.1, 0.15) is 11.9 Å². The highest BCUT2D eigenvalue weighted by atomic mass is 16.5. The molecule has 0 saturated heterocycles. The maximum absolute atomic E-state index is 11.1. The third-order valence-electron chi connectivity index (χ3n) is 4.33. The van der Waals surface area contributed by atoms with Gasteiger partial charge >= 0.3 is 0 Å². The van der Waals surface area contributed by atoms with Crippen LogP contribution in [0.2, 0.25) is 0 Å². The van der Waals surface area contributed by atoms with E-state index in [9.17, 15) is 4.79 Å². The Hall–Kier alpha value is -2.30. The third kappa shape index (κ3) is 7.72. The number of hydrogen-bond donors (Lipinski definition) is 1. The summed E-state index contributed by atoms with van der Waals surface area (Å²) in [5, 5.41) is 2.77. The number of amides is 1. The van der Waals surface area contributed by atoms with E-state index in [2.05, 4.69) is 21.8 Å². The van der Waals surface area contributed by atoms with Crippen LogP contribution in [-0.4, -0.2) is 21.6 Å². The van der Waals surface area contributed by atoms with E-state index in [1.807, 2.05) is 36.8 Å². The number of nitrogens with zero attached hydrogens (tertiary/aromatic N) is 2. The molecule has 0 fully saturated rings. The van der Waals surface area contributed by atoms with Crippen LogP contribution in [-0.2, 0) is 11.3 Å². The van der Waals surface area contributed by atoms with E-state index in [4.69, 9.17) is 4.74 Å². The Morgan fingerprint density at radius 3 is 2.54 bits per heavy atom. The monoisotopic (exact) mass is 357 g/mol. The van der Waals surface area contributed by atoms with Crippen LogP contribution < -0.4 is 10.1 Å². The molecule has 0 bridgehead atoms. The summed E-state index contributed by atoms with van der Waals surface area (Å²) in [4.78, 5) is 15.2. The summed E-state index contributed by atoms with van der Waals surface area (Å²) in [5.74, 6) is 0.759. The number of rotatable bonds is 12. The Bertz CT molecular complexity index is 623. The highest BCUT2D eigenvalue weighted by molar-refractivity contribution is 5.88. The summed E-state index contributed by atoms with van der Waals surface area (Å²) in [6, 6.07) is 7.56. The number of unbranched alkanes of at least 4 members (excludes halogenated alkanes) is 5. The van der Waals surface area contributed by atoms with Gasteiger partial charge in [-0.05, 0) is 37.1 Å². The fourth-order valence-electron chi connectivity index (χ4n) is 2.98. The molecule has 0 radical (unpaired) electrons. The predicted molar refractivity (Wildman–Crippen MR) is 105 cm³/mol. The number of carbonyl (C=O) groups is 1. The first kappa shape index (κ1) is 20.0. The molecule has 26 heavy (non-hydrogen) atoms. The summed E-state index contributed by atoms with van der Waals surface area (Å²) in [5.41, 5.74) is 0.784. The Kier molecular flexibility index (Phi) is 8.73. The Balaban J connectivity index is 1.87.